The zero-order chi connectivity index (χ0) is 15.9. The van der Waals surface area contributed by atoms with Crippen LogP contribution in [-0.4, -0.2) is 29.8 Å². The molecule has 1 aliphatic rings. The van der Waals surface area contributed by atoms with Crippen LogP contribution in [-0.2, 0) is 29.0 Å². The van der Waals surface area contributed by atoms with Crippen molar-refractivity contribution in [2.45, 2.75) is 31.8 Å². The van der Waals surface area contributed by atoms with Gasteiger partial charge >= 0.3 is 25.2 Å². The van der Waals surface area contributed by atoms with E-state index < -0.39 is 0 Å². The quantitative estimate of drug-likeness (QED) is 0.285. The zero-order valence-corrected chi connectivity index (χ0v) is 19.8. The van der Waals surface area contributed by atoms with E-state index in [0.29, 0.717) is 24.7 Å². The van der Waals surface area contributed by atoms with Gasteiger partial charge in [-0.1, -0.05) is 29.5 Å². The summed E-state index contributed by atoms with van der Waals surface area (Å²) in [6.07, 6.45) is 3.32. The van der Waals surface area contributed by atoms with Crippen molar-refractivity contribution in [3.63, 3.8) is 0 Å². The van der Waals surface area contributed by atoms with Gasteiger partial charge in [0.2, 0.25) is 0 Å². The van der Waals surface area contributed by atoms with Crippen LogP contribution in [0.4, 0.5) is 0 Å². The number of hydrogen-bond donors (Lipinski definition) is 0. The first-order chi connectivity index (χ1) is 10.7. The Hall–Kier alpha value is -0.607. The minimum atomic E-state index is -0.354. The fourth-order valence-corrected chi connectivity index (χ4v) is 3.01. The standard InChI is InChI=1S/C17H20N2O2S.2ClH.Zn/c1-4-20-15-11-17(16(21-5-2)10-14(15)19-18)22-13-8-6-12(3)7-9-13;;;/h6-11,15H,4-5H2,1-3H3;2*1H;/q;;;+2/p-2. The largest absolute Gasteiger partial charge is 2.00 e. The van der Waals surface area contributed by atoms with Gasteiger partial charge < -0.3 is 39.8 Å². The molecule has 0 bridgehead atoms. The second-order valence-electron chi connectivity index (χ2n) is 4.79. The van der Waals surface area contributed by atoms with Crippen molar-refractivity contribution in [3.8, 4) is 0 Å². The van der Waals surface area contributed by atoms with Crippen LogP contribution in [0.25, 0.3) is 5.53 Å². The van der Waals surface area contributed by atoms with Gasteiger partial charge in [0.05, 0.1) is 17.6 Å². The molecule has 2 rings (SSSR count). The van der Waals surface area contributed by atoms with Crippen LogP contribution in [0.15, 0.2) is 52.0 Å². The average Bonchev–Trinajstić information content (AvgIpc) is 2.52. The Morgan fingerprint density at radius 1 is 1.12 bits per heavy atom. The molecule has 0 heterocycles. The molecule has 1 aliphatic carbocycles. The van der Waals surface area contributed by atoms with Crippen molar-refractivity contribution in [2.24, 2.45) is 0 Å². The number of hydrogen-bond acceptors (Lipinski definition) is 3. The third-order valence-corrected chi connectivity index (χ3v) is 4.19. The molecule has 0 radical (unpaired) electrons. The van der Waals surface area contributed by atoms with Gasteiger partial charge in [-0.2, -0.15) is 4.79 Å². The molecule has 0 saturated carbocycles. The van der Waals surface area contributed by atoms with E-state index in [-0.39, 0.29) is 50.4 Å². The van der Waals surface area contributed by atoms with Crippen LogP contribution in [0.1, 0.15) is 19.4 Å². The second-order valence-corrected chi connectivity index (χ2v) is 5.90. The fraction of sp³-hybridized carbons (Fsp3) is 0.353. The Balaban J connectivity index is 0. The monoisotopic (exact) mass is 450 g/mol. The van der Waals surface area contributed by atoms with Crippen molar-refractivity contribution in [1.82, 2.24) is 0 Å². The number of halogens is 2. The summed E-state index contributed by atoms with van der Waals surface area (Å²) in [5.74, 6) is 0.705. The van der Waals surface area contributed by atoms with Gasteiger partial charge in [0.25, 0.3) is 0 Å². The molecule has 0 aromatic heterocycles. The molecular formula is C17H20Cl2N2O2SZn. The normalized spacial score (nSPS) is 15.5. The smallest absolute Gasteiger partial charge is 1.00 e. The SMILES string of the molecule is CCOC1=CC(=[N+]=[N-])C(OCC)C=C1Sc1ccc(C)cc1.[Cl-].[Cl-].[Zn+2]. The van der Waals surface area contributed by atoms with Crippen LogP contribution in [0, 0.1) is 6.92 Å². The van der Waals surface area contributed by atoms with E-state index >= 15 is 0 Å². The van der Waals surface area contributed by atoms with Crippen LogP contribution >= 0.6 is 11.8 Å². The molecule has 0 fully saturated rings. The second kappa shape index (κ2) is 13.6. The maximum absolute atomic E-state index is 9.15. The van der Waals surface area contributed by atoms with Gasteiger partial charge in [0, 0.05) is 11.5 Å². The molecule has 1 atom stereocenters. The van der Waals surface area contributed by atoms with Gasteiger partial charge in [-0.05, 0) is 39.0 Å². The molecule has 1 unspecified atom stereocenters. The molecule has 25 heavy (non-hydrogen) atoms. The summed E-state index contributed by atoms with van der Waals surface area (Å²) in [5, 5.41) is 0. The molecule has 8 heteroatoms. The molecule has 132 valence electrons. The van der Waals surface area contributed by atoms with E-state index in [1.807, 2.05) is 19.9 Å². The van der Waals surface area contributed by atoms with Crippen LogP contribution in [0.5, 0.6) is 0 Å². The predicted molar refractivity (Wildman–Crippen MR) is 88.9 cm³/mol. The molecular weight excluding hydrogens is 433 g/mol. The topological polar surface area (TPSA) is 54.9 Å². The van der Waals surface area contributed by atoms with Crippen LogP contribution < -0.4 is 24.8 Å². The number of aryl methyl sites for hydroxylation is 1. The van der Waals surface area contributed by atoms with Crippen molar-refractivity contribution < 1.29 is 58.6 Å². The van der Waals surface area contributed by atoms with Crippen LogP contribution in [0.3, 0.4) is 0 Å². The summed E-state index contributed by atoms with van der Waals surface area (Å²) < 4.78 is 11.3. The minimum Gasteiger partial charge on any atom is -1.00 e. The summed E-state index contributed by atoms with van der Waals surface area (Å²) in [4.78, 5) is 5.41. The Morgan fingerprint density at radius 3 is 2.28 bits per heavy atom. The maximum atomic E-state index is 9.15. The van der Waals surface area contributed by atoms with Crippen molar-refractivity contribution in [2.75, 3.05) is 13.2 Å². The summed E-state index contributed by atoms with van der Waals surface area (Å²) in [6.45, 7) is 7.00. The molecule has 4 nitrogen and oxygen atoms in total. The van der Waals surface area contributed by atoms with Gasteiger partial charge in [-0.15, -0.1) is 0 Å². The molecule has 1 aromatic rings. The molecule has 0 spiro atoms. The fourth-order valence-electron chi connectivity index (χ4n) is 2.08. The third-order valence-electron chi connectivity index (χ3n) is 3.13. The third kappa shape index (κ3) is 7.66. The molecule has 0 saturated heterocycles. The predicted octanol–water partition coefficient (Wildman–Crippen LogP) is -2.01. The van der Waals surface area contributed by atoms with Crippen LogP contribution in [0.2, 0.25) is 0 Å². The van der Waals surface area contributed by atoms with Crippen molar-refractivity contribution in [1.29, 1.82) is 0 Å². The first-order valence-electron chi connectivity index (χ1n) is 7.32. The maximum Gasteiger partial charge on any atom is 2.00 e. The summed E-state index contributed by atoms with van der Waals surface area (Å²) in [7, 11) is 0. The number of nitrogens with zero attached hydrogens (tertiary/aromatic N) is 2. The van der Waals surface area contributed by atoms with Crippen molar-refractivity contribution in [3.05, 3.63) is 58.2 Å². The van der Waals surface area contributed by atoms with E-state index in [4.69, 9.17) is 15.0 Å². The van der Waals surface area contributed by atoms with E-state index in [0.717, 1.165) is 9.80 Å². The zero-order valence-electron chi connectivity index (χ0n) is 14.5. The van der Waals surface area contributed by atoms with Gasteiger partial charge in [0.1, 0.15) is 5.76 Å². The average molecular weight is 453 g/mol. The molecule has 1 aromatic carbocycles. The number of benzene rings is 1. The van der Waals surface area contributed by atoms with Crippen molar-refractivity contribution >= 4 is 17.5 Å². The van der Waals surface area contributed by atoms with E-state index in [9.17, 15) is 0 Å². The Kier molecular flexibility index (Phi) is 14.5. The molecule has 0 aliphatic heterocycles. The Morgan fingerprint density at radius 2 is 1.76 bits per heavy atom. The molecule has 0 amide bonds. The van der Waals surface area contributed by atoms with E-state index in [1.54, 1.807) is 17.8 Å². The summed E-state index contributed by atoms with van der Waals surface area (Å²) in [6, 6.07) is 8.32. The van der Waals surface area contributed by atoms with E-state index in [2.05, 4.69) is 36.0 Å². The minimum absolute atomic E-state index is 0. The number of rotatable bonds is 6. The Labute approximate surface area is 178 Å². The van der Waals surface area contributed by atoms with Gasteiger partial charge in [-0.25, -0.2) is 0 Å². The first kappa shape index (κ1) is 26.6. The molecule has 0 N–H and O–H groups in total. The summed E-state index contributed by atoms with van der Waals surface area (Å²) >= 11 is 1.61. The summed E-state index contributed by atoms with van der Waals surface area (Å²) in [5.41, 5.74) is 10.8. The Bertz CT molecular complexity index is 645. The van der Waals surface area contributed by atoms with Gasteiger partial charge in [0.15, 0.2) is 6.10 Å². The van der Waals surface area contributed by atoms with E-state index in [1.165, 1.54) is 5.56 Å². The first-order valence-corrected chi connectivity index (χ1v) is 8.14. The van der Waals surface area contributed by atoms with Gasteiger partial charge in [-0.3, -0.25) is 0 Å². The number of thioether (sulfide) groups is 1. The number of ether oxygens (including phenoxy) is 2.